The fourth-order valence-corrected chi connectivity index (χ4v) is 3.32. The van der Waals surface area contributed by atoms with Crippen molar-refractivity contribution in [2.75, 3.05) is 18.6 Å². The molecule has 2 heterocycles. The Labute approximate surface area is 105 Å². The minimum absolute atomic E-state index is 0.407. The van der Waals surface area contributed by atoms with Crippen LogP contribution in [0.3, 0.4) is 0 Å². The van der Waals surface area contributed by atoms with Crippen LogP contribution in [0.5, 0.6) is 5.88 Å². The van der Waals surface area contributed by atoms with E-state index in [4.69, 9.17) is 16.3 Å². The van der Waals surface area contributed by atoms with E-state index >= 15 is 0 Å². The summed E-state index contributed by atoms with van der Waals surface area (Å²) in [4.78, 5) is 0. The number of hydrogen-bond donors (Lipinski definition) is 0. The number of halogens is 1. The molecular weight excluding hydrogens is 244 g/mol. The summed E-state index contributed by atoms with van der Waals surface area (Å²) in [7, 11) is 1.55. The zero-order valence-electron chi connectivity index (χ0n) is 9.28. The molecule has 1 aliphatic heterocycles. The molecule has 3 nitrogen and oxygen atoms in total. The summed E-state index contributed by atoms with van der Waals surface area (Å²) >= 11 is 8.05. The van der Waals surface area contributed by atoms with Crippen LogP contribution in [-0.4, -0.2) is 28.8 Å². The Morgan fingerprint density at radius 1 is 1.44 bits per heavy atom. The van der Waals surface area contributed by atoms with E-state index in [-0.39, 0.29) is 0 Å². The van der Waals surface area contributed by atoms with E-state index in [9.17, 15) is 0 Å². The first kappa shape index (κ1) is 12.0. The number of thioether (sulfide) groups is 1. The van der Waals surface area contributed by atoms with Crippen molar-refractivity contribution in [3.63, 3.8) is 0 Å². The van der Waals surface area contributed by atoms with Gasteiger partial charge in [-0.1, -0.05) is 11.6 Å². The highest BCUT2D eigenvalue weighted by atomic mass is 35.5. The summed E-state index contributed by atoms with van der Waals surface area (Å²) in [5.41, 5.74) is 0.975. The Balaban J connectivity index is 2.01. The van der Waals surface area contributed by atoms with Gasteiger partial charge in [-0.05, 0) is 42.8 Å². The average molecular weight is 259 g/mol. The van der Waals surface area contributed by atoms with Crippen LogP contribution in [-0.2, 0) is 6.42 Å². The largest absolute Gasteiger partial charge is 0.479 e. The fourth-order valence-electron chi connectivity index (χ4n) is 1.88. The highest BCUT2D eigenvalue weighted by Gasteiger charge is 2.16. The maximum absolute atomic E-state index is 6.02. The summed E-state index contributed by atoms with van der Waals surface area (Å²) in [6.45, 7) is 0. The molecule has 88 valence electrons. The minimum atomic E-state index is 0.407. The molecule has 2 rings (SSSR count). The number of hydrogen-bond acceptors (Lipinski definition) is 4. The highest BCUT2D eigenvalue weighted by molar-refractivity contribution is 7.99. The van der Waals surface area contributed by atoms with E-state index in [0.29, 0.717) is 10.9 Å². The number of ether oxygens (including phenoxy) is 1. The maximum Gasteiger partial charge on any atom is 0.252 e. The second kappa shape index (κ2) is 5.73. The fraction of sp³-hybridized carbons (Fsp3) is 0.636. The predicted octanol–water partition coefficient (Wildman–Crippen LogP) is 2.82. The number of rotatable bonds is 3. The third kappa shape index (κ3) is 3.01. The Kier molecular flexibility index (Phi) is 4.29. The lowest BCUT2D eigenvalue weighted by Crippen LogP contribution is -2.13. The van der Waals surface area contributed by atoms with Gasteiger partial charge < -0.3 is 4.74 Å². The van der Waals surface area contributed by atoms with Crippen LogP contribution in [0.25, 0.3) is 0 Å². The first-order valence-electron chi connectivity index (χ1n) is 5.43. The second-order valence-electron chi connectivity index (χ2n) is 3.95. The van der Waals surface area contributed by atoms with Crippen molar-refractivity contribution in [2.45, 2.75) is 19.3 Å². The van der Waals surface area contributed by atoms with E-state index in [2.05, 4.69) is 10.2 Å². The zero-order valence-corrected chi connectivity index (χ0v) is 10.9. The molecule has 1 fully saturated rings. The van der Waals surface area contributed by atoms with Crippen molar-refractivity contribution in [3.05, 3.63) is 16.8 Å². The third-order valence-corrected chi connectivity index (χ3v) is 4.12. The van der Waals surface area contributed by atoms with Gasteiger partial charge in [0.15, 0.2) is 0 Å². The minimum Gasteiger partial charge on any atom is -0.479 e. The molecule has 0 saturated carbocycles. The predicted molar refractivity (Wildman–Crippen MR) is 67.3 cm³/mol. The van der Waals surface area contributed by atoms with Gasteiger partial charge in [-0.2, -0.15) is 16.9 Å². The van der Waals surface area contributed by atoms with Crippen LogP contribution in [0.15, 0.2) is 6.07 Å². The van der Waals surface area contributed by atoms with Crippen LogP contribution in [0.4, 0.5) is 0 Å². The Morgan fingerprint density at radius 2 is 2.19 bits per heavy atom. The topological polar surface area (TPSA) is 35.0 Å². The Morgan fingerprint density at radius 3 is 2.81 bits per heavy atom. The standard InChI is InChI=1S/C11H15ClN2OS/c1-15-11-10(12)7-9(13-14-11)6-8-2-4-16-5-3-8/h7-8H,2-6H2,1H3. The molecule has 0 bridgehead atoms. The molecule has 0 unspecified atom stereocenters. The lowest BCUT2D eigenvalue weighted by molar-refractivity contribution is 0.390. The number of aromatic nitrogens is 2. The molecule has 1 aromatic heterocycles. The SMILES string of the molecule is COc1nnc(CC2CCSCC2)cc1Cl. The van der Waals surface area contributed by atoms with E-state index in [1.807, 2.05) is 17.8 Å². The Bertz CT molecular complexity index is 356. The van der Waals surface area contributed by atoms with Gasteiger partial charge in [0.05, 0.1) is 12.8 Å². The molecule has 1 aromatic rings. The molecule has 0 spiro atoms. The first-order valence-corrected chi connectivity index (χ1v) is 6.96. The van der Waals surface area contributed by atoms with E-state index in [0.717, 1.165) is 18.0 Å². The lowest BCUT2D eigenvalue weighted by Gasteiger charge is -2.20. The summed E-state index contributed by atoms with van der Waals surface area (Å²) < 4.78 is 4.98. The van der Waals surface area contributed by atoms with Crippen LogP contribution in [0.2, 0.25) is 5.02 Å². The van der Waals surface area contributed by atoms with Gasteiger partial charge in [0.1, 0.15) is 5.02 Å². The molecule has 0 radical (unpaired) electrons. The smallest absolute Gasteiger partial charge is 0.252 e. The molecule has 0 N–H and O–H groups in total. The summed E-state index contributed by atoms with van der Waals surface area (Å²) in [5, 5.41) is 8.64. The lowest BCUT2D eigenvalue weighted by atomic mass is 9.97. The van der Waals surface area contributed by atoms with Gasteiger partial charge in [-0.3, -0.25) is 0 Å². The van der Waals surface area contributed by atoms with Gasteiger partial charge in [0, 0.05) is 0 Å². The van der Waals surface area contributed by atoms with E-state index in [1.54, 1.807) is 7.11 Å². The van der Waals surface area contributed by atoms with Crippen molar-refractivity contribution in [1.82, 2.24) is 10.2 Å². The Hall–Kier alpha value is -0.480. The van der Waals surface area contributed by atoms with Gasteiger partial charge in [0.25, 0.3) is 5.88 Å². The van der Waals surface area contributed by atoms with Crippen molar-refractivity contribution in [1.29, 1.82) is 0 Å². The highest BCUT2D eigenvalue weighted by Crippen LogP contribution is 2.27. The molecule has 5 heteroatoms. The van der Waals surface area contributed by atoms with Crippen molar-refractivity contribution < 1.29 is 4.74 Å². The number of methoxy groups -OCH3 is 1. The molecule has 0 aliphatic carbocycles. The van der Waals surface area contributed by atoms with Gasteiger partial charge in [-0.25, -0.2) is 0 Å². The second-order valence-corrected chi connectivity index (χ2v) is 5.58. The number of nitrogens with zero attached hydrogens (tertiary/aromatic N) is 2. The van der Waals surface area contributed by atoms with Crippen LogP contribution in [0.1, 0.15) is 18.5 Å². The van der Waals surface area contributed by atoms with E-state index in [1.165, 1.54) is 24.3 Å². The molecule has 16 heavy (non-hydrogen) atoms. The first-order chi connectivity index (χ1) is 7.79. The van der Waals surface area contributed by atoms with Crippen LogP contribution < -0.4 is 4.74 Å². The van der Waals surface area contributed by atoms with Gasteiger partial charge in [0.2, 0.25) is 0 Å². The van der Waals surface area contributed by atoms with Crippen LogP contribution >= 0.6 is 23.4 Å². The van der Waals surface area contributed by atoms with Gasteiger partial charge >= 0.3 is 0 Å². The summed E-state index contributed by atoms with van der Waals surface area (Å²) in [6.07, 6.45) is 3.53. The molecule has 0 aromatic carbocycles. The molecule has 1 aliphatic rings. The summed E-state index contributed by atoms with van der Waals surface area (Å²) in [6, 6.07) is 1.87. The van der Waals surface area contributed by atoms with Crippen molar-refractivity contribution in [3.8, 4) is 5.88 Å². The average Bonchev–Trinajstić information content (AvgIpc) is 2.31. The summed E-state index contributed by atoms with van der Waals surface area (Å²) in [5.74, 6) is 3.67. The molecule has 0 amide bonds. The van der Waals surface area contributed by atoms with E-state index < -0.39 is 0 Å². The van der Waals surface area contributed by atoms with Crippen LogP contribution in [0, 0.1) is 5.92 Å². The zero-order chi connectivity index (χ0) is 11.4. The maximum atomic E-state index is 6.02. The molecular formula is C11H15ClN2OS. The molecule has 1 saturated heterocycles. The van der Waals surface area contributed by atoms with Gasteiger partial charge in [-0.15, -0.1) is 5.10 Å². The third-order valence-electron chi connectivity index (χ3n) is 2.80. The monoisotopic (exact) mass is 258 g/mol. The normalized spacial score (nSPS) is 17.4. The molecule has 0 atom stereocenters. The van der Waals surface area contributed by atoms with Crippen molar-refractivity contribution in [2.24, 2.45) is 5.92 Å². The van der Waals surface area contributed by atoms with Crippen molar-refractivity contribution >= 4 is 23.4 Å². The quantitative estimate of drug-likeness (QED) is 0.835.